The van der Waals surface area contributed by atoms with E-state index < -0.39 is 17.8 Å². The van der Waals surface area contributed by atoms with Gasteiger partial charge in [-0.05, 0) is 36.4 Å². The highest BCUT2D eigenvalue weighted by molar-refractivity contribution is 5.93. The molecule has 0 saturated heterocycles. The molecule has 0 bridgehead atoms. The van der Waals surface area contributed by atoms with Crippen LogP contribution in [0.3, 0.4) is 0 Å². The van der Waals surface area contributed by atoms with Crippen LogP contribution in [0.25, 0.3) is 0 Å². The molecular formula is C19H19NO7. The summed E-state index contributed by atoms with van der Waals surface area (Å²) in [4.78, 5) is 33.1. The van der Waals surface area contributed by atoms with Gasteiger partial charge < -0.3 is 25.0 Å². The minimum absolute atomic E-state index is 0.126. The second-order valence-electron chi connectivity index (χ2n) is 5.46. The van der Waals surface area contributed by atoms with Crippen LogP contribution >= 0.6 is 0 Å². The number of aliphatic carboxylic acids is 1. The highest BCUT2D eigenvalue weighted by Gasteiger charge is 2.09. The molecule has 0 heterocycles. The number of carbonyl (C=O) groups excluding carboxylic acids is 1. The van der Waals surface area contributed by atoms with Crippen LogP contribution in [0.4, 0.5) is 5.69 Å². The Bertz CT molecular complexity index is 802. The molecule has 0 aliphatic heterocycles. The molecule has 0 atom stereocenters. The summed E-state index contributed by atoms with van der Waals surface area (Å²) < 4.78 is 11.1. The molecule has 0 spiro atoms. The van der Waals surface area contributed by atoms with Crippen LogP contribution in [0.15, 0.2) is 48.5 Å². The Labute approximate surface area is 155 Å². The Morgan fingerprint density at radius 3 is 2.19 bits per heavy atom. The van der Waals surface area contributed by atoms with Crippen molar-refractivity contribution in [2.24, 2.45) is 0 Å². The Hall–Kier alpha value is -3.55. The summed E-state index contributed by atoms with van der Waals surface area (Å²) in [6, 6.07) is 12.8. The van der Waals surface area contributed by atoms with Gasteiger partial charge in [0.2, 0.25) is 5.91 Å². The maximum Gasteiger partial charge on any atom is 0.335 e. The average molecular weight is 373 g/mol. The zero-order valence-electron chi connectivity index (χ0n) is 14.4. The number of ether oxygens (including phenoxy) is 2. The van der Waals surface area contributed by atoms with Crippen molar-refractivity contribution in [2.45, 2.75) is 12.8 Å². The molecule has 2 aromatic rings. The highest BCUT2D eigenvalue weighted by Crippen LogP contribution is 2.24. The van der Waals surface area contributed by atoms with E-state index in [-0.39, 0.29) is 31.6 Å². The molecule has 0 aliphatic carbocycles. The fourth-order valence-electron chi connectivity index (χ4n) is 2.13. The number of aromatic carboxylic acids is 1. The normalized spacial score (nSPS) is 10.1. The number of para-hydroxylation sites is 2. The number of hydrogen-bond donors (Lipinski definition) is 3. The standard InChI is InChI=1S/C19H19NO7/c21-17(9-10-18(22)23)20-15-3-1-2-4-16(15)27-12-11-26-14-7-5-13(6-8-14)19(24)25/h1-8H,9-12H2,(H,20,21)(H,22,23)(H,24,25). The zero-order chi connectivity index (χ0) is 19.6. The fraction of sp³-hybridized carbons (Fsp3) is 0.211. The minimum atomic E-state index is -1.04. The number of hydrogen-bond acceptors (Lipinski definition) is 5. The third kappa shape index (κ3) is 6.69. The number of carboxylic acid groups (broad SMARTS) is 2. The number of rotatable bonds is 10. The molecule has 2 rings (SSSR count). The van der Waals surface area contributed by atoms with E-state index in [1.807, 2.05) is 0 Å². The lowest BCUT2D eigenvalue weighted by Crippen LogP contribution is -2.15. The van der Waals surface area contributed by atoms with Gasteiger partial charge in [0.05, 0.1) is 17.7 Å². The second-order valence-corrected chi connectivity index (χ2v) is 5.46. The van der Waals surface area contributed by atoms with Crippen LogP contribution in [-0.2, 0) is 9.59 Å². The van der Waals surface area contributed by atoms with Gasteiger partial charge in [-0.2, -0.15) is 0 Å². The van der Waals surface area contributed by atoms with Gasteiger partial charge in [0, 0.05) is 6.42 Å². The summed E-state index contributed by atoms with van der Waals surface area (Å²) >= 11 is 0. The van der Waals surface area contributed by atoms with Crippen LogP contribution in [0, 0.1) is 0 Å². The van der Waals surface area contributed by atoms with Gasteiger partial charge >= 0.3 is 11.9 Å². The van der Waals surface area contributed by atoms with Crippen LogP contribution in [0.1, 0.15) is 23.2 Å². The van der Waals surface area contributed by atoms with Crippen molar-refractivity contribution in [1.29, 1.82) is 0 Å². The summed E-state index contributed by atoms with van der Waals surface area (Å²) in [5.41, 5.74) is 0.616. The third-order valence-corrected chi connectivity index (χ3v) is 3.44. The molecule has 27 heavy (non-hydrogen) atoms. The van der Waals surface area contributed by atoms with Gasteiger partial charge in [-0.3, -0.25) is 9.59 Å². The molecule has 0 saturated carbocycles. The largest absolute Gasteiger partial charge is 0.490 e. The average Bonchev–Trinajstić information content (AvgIpc) is 2.65. The second kappa shape index (κ2) is 9.81. The van der Waals surface area contributed by atoms with E-state index >= 15 is 0 Å². The quantitative estimate of drug-likeness (QED) is 0.547. The van der Waals surface area contributed by atoms with Crippen molar-refractivity contribution >= 4 is 23.5 Å². The van der Waals surface area contributed by atoms with Gasteiger partial charge in [-0.25, -0.2) is 4.79 Å². The van der Waals surface area contributed by atoms with E-state index in [4.69, 9.17) is 19.7 Å². The molecule has 8 nitrogen and oxygen atoms in total. The molecule has 0 aromatic heterocycles. The molecule has 0 radical (unpaired) electrons. The predicted molar refractivity (Wildman–Crippen MR) is 96.3 cm³/mol. The monoisotopic (exact) mass is 373 g/mol. The maximum atomic E-state index is 11.8. The van der Waals surface area contributed by atoms with Crippen LogP contribution < -0.4 is 14.8 Å². The molecule has 3 N–H and O–H groups in total. The van der Waals surface area contributed by atoms with Crippen LogP contribution in [-0.4, -0.2) is 41.3 Å². The Morgan fingerprint density at radius 2 is 1.52 bits per heavy atom. The number of anilines is 1. The lowest BCUT2D eigenvalue weighted by Gasteiger charge is -2.13. The molecule has 0 aliphatic rings. The lowest BCUT2D eigenvalue weighted by atomic mass is 10.2. The van der Waals surface area contributed by atoms with Gasteiger partial charge in [-0.1, -0.05) is 12.1 Å². The lowest BCUT2D eigenvalue weighted by molar-refractivity contribution is -0.138. The first-order valence-electron chi connectivity index (χ1n) is 8.15. The number of nitrogens with one attached hydrogen (secondary N) is 1. The number of carbonyl (C=O) groups is 3. The molecule has 2 aromatic carbocycles. The SMILES string of the molecule is O=C(O)CCC(=O)Nc1ccccc1OCCOc1ccc(C(=O)O)cc1. The van der Waals surface area contributed by atoms with Crippen molar-refractivity contribution < 1.29 is 34.1 Å². The number of carboxylic acids is 2. The molecule has 0 unspecified atom stereocenters. The van der Waals surface area contributed by atoms with Gasteiger partial charge in [0.1, 0.15) is 24.7 Å². The van der Waals surface area contributed by atoms with Crippen LogP contribution in [0.2, 0.25) is 0 Å². The summed E-state index contributed by atoms with van der Waals surface area (Å²) in [6.45, 7) is 0.413. The summed E-state index contributed by atoms with van der Waals surface area (Å²) in [6.07, 6.45) is -0.373. The third-order valence-electron chi connectivity index (χ3n) is 3.44. The van der Waals surface area contributed by atoms with Crippen molar-refractivity contribution in [3.05, 3.63) is 54.1 Å². The molecule has 142 valence electrons. The summed E-state index contributed by atoms with van der Waals surface area (Å²) in [5.74, 6) is -1.51. The van der Waals surface area contributed by atoms with Crippen molar-refractivity contribution in [1.82, 2.24) is 0 Å². The van der Waals surface area contributed by atoms with Gasteiger partial charge in [0.25, 0.3) is 0 Å². The van der Waals surface area contributed by atoms with E-state index in [1.54, 1.807) is 36.4 Å². The van der Waals surface area contributed by atoms with E-state index in [2.05, 4.69) is 5.32 Å². The van der Waals surface area contributed by atoms with Crippen molar-refractivity contribution in [3.63, 3.8) is 0 Å². The van der Waals surface area contributed by atoms with Crippen LogP contribution in [0.5, 0.6) is 11.5 Å². The highest BCUT2D eigenvalue weighted by atomic mass is 16.5. The molecule has 0 fully saturated rings. The minimum Gasteiger partial charge on any atom is -0.490 e. The Balaban J connectivity index is 1.82. The van der Waals surface area contributed by atoms with Gasteiger partial charge in [0.15, 0.2) is 0 Å². The fourth-order valence-corrected chi connectivity index (χ4v) is 2.13. The van der Waals surface area contributed by atoms with Gasteiger partial charge in [-0.15, -0.1) is 0 Å². The van der Waals surface area contributed by atoms with E-state index in [0.29, 0.717) is 17.2 Å². The van der Waals surface area contributed by atoms with E-state index in [0.717, 1.165) is 0 Å². The maximum absolute atomic E-state index is 11.8. The first kappa shape index (κ1) is 19.8. The Morgan fingerprint density at radius 1 is 0.852 bits per heavy atom. The smallest absolute Gasteiger partial charge is 0.335 e. The van der Waals surface area contributed by atoms with E-state index in [9.17, 15) is 14.4 Å². The summed E-state index contributed by atoms with van der Waals surface area (Å²) in [5, 5.41) is 20.1. The zero-order valence-corrected chi connectivity index (χ0v) is 14.4. The molecule has 1 amide bonds. The number of amides is 1. The first-order chi connectivity index (χ1) is 13.0. The predicted octanol–water partition coefficient (Wildman–Crippen LogP) is 2.65. The molecule has 8 heteroatoms. The first-order valence-corrected chi connectivity index (χ1v) is 8.15. The van der Waals surface area contributed by atoms with E-state index in [1.165, 1.54) is 12.1 Å². The number of benzene rings is 2. The van der Waals surface area contributed by atoms with Crippen molar-refractivity contribution in [2.75, 3.05) is 18.5 Å². The topological polar surface area (TPSA) is 122 Å². The van der Waals surface area contributed by atoms with Crippen molar-refractivity contribution in [3.8, 4) is 11.5 Å². The Kier molecular flexibility index (Phi) is 7.18. The summed E-state index contributed by atoms with van der Waals surface area (Å²) in [7, 11) is 0. The molecular weight excluding hydrogens is 354 g/mol.